The smallest absolute Gasteiger partial charge is 0.230 e. The normalized spacial score (nSPS) is 10.5. The maximum Gasteiger partial charge on any atom is 0.230 e. The van der Waals surface area contributed by atoms with E-state index in [0.29, 0.717) is 17.3 Å². The molecule has 4 nitrogen and oxygen atoms in total. The van der Waals surface area contributed by atoms with Crippen LogP contribution in [0.4, 0.5) is 5.69 Å². The Bertz CT molecular complexity index is 532. The summed E-state index contributed by atoms with van der Waals surface area (Å²) in [7, 11) is 1.61. The van der Waals surface area contributed by atoms with Gasteiger partial charge in [-0.05, 0) is 19.1 Å². The standard InChI is InChI=1S/C13H16N2O2/c1-4-11-8(2)15-13(17-11)10-6-5-9(14)7-12(10)16-3/h5-7H,4,14H2,1-3H3. The van der Waals surface area contributed by atoms with Gasteiger partial charge >= 0.3 is 0 Å². The lowest BCUT2D eigenvalue weighted by Crippen LogP contribution is -1.91. The average Bonchev–Trinajstić information content (AvgIpc) is 2.70. The summed E-state index contributed by atoms with van der Waals surface area (Å²) in [6.45, 7) is 3.98. The number of oxazole rings is 1. The molecule has 0 saturated heterocycles. The van der Waals surface area contributed by atoms with E-state index < -0.39 is 0 Å². The Labute approximate surface area is 100 Å². The van der Waals surface area contributed by atoms with Crippen LogP contribution in [0.3, 0.4) is 0 Å². The van der Waals surface area contributed by atoms with Gasteiger partial charge < -0.3 is 14.9 Å². The highest BCUT2D eigenvalue weighted by Crippen LogP contribution is 2.32. The monoisotopic (exact) mass is 232 g/mol. The van der Waals surface area contributed by atoms with Gasteiger partial charge in [0.1, 0.15) is 11.5 Å². The number of anilines is 1. The van der Waals surface area contributed by atoms with Crippen molar-refractivity contribution in [2.45, 2.75) is 20.3 Å². The van der Waals surface area contributed by atoms with E-state index in [4.69, 9.17) is 14.9 Å². The molecule has 0 aliphatic carbocycles. The van der Waals surface area contributed by atoms with Crippen molar-refractivity contribution >= 4 is 5.69 Å². The highest BCUT2D eigenvalue weighted by atomic mass is 16.5. The van der Waals surface area contributed by atoms with Crippen molar-refractivity contribution in [3.63, 3.8) is 0 Å². The van der Waals surface area contributed by atoms with Crippen molar-refractivity contribution in [2.75, 3.05) is 12.8 Å². The molecule has 0 amide bonds. The minimum atomic E-state index is 0.580. The van der Waals surface area contributed by atoms with Crippen molar-refractivity contribution in [1.29, 1.82) is 0 Å². The number of hydrogen-bond donors (Lipinski definition) is 1. The molecule has 0 atom stereocenters. The minimum absolute atomic E-state index is 0.580. The van der Waals surface area contributed by atoms with E-state index in [9.17, 15) is 0 Å². The third-order valence-electron chi connectivity index (χ3n) is 2.67. The fourth-order valence-corrected chi connectivity index (χ4v) is 1.76. The van der Waals surface area contributed by atoms with Crippen LogP contribution in [0.25, 0.3) is 11.5 Å². The molecule has 2 rings (SSSR count). The van der Waals surface area contributed by atoms with E-state index in [1.54, 1.807) is 13.2 Å². The number of nitrogens with zero attached hydrogens (tertiary/aromatic N) is 1. The summed E-state index contributed by atoms with van der Waals surface area (Å²) in [5.74, 6) is 2.16. The van der Waals surface area contributed by atoms with E-state index >= 15 is 0 Å². The Balaban J connectivity index is 2.51. The van der Waals surface area contributed by atoms with E-state index in [0.717, 1.165) is 23.4 Å². The van der Waals surface area contributed by atoms with Gasteiger partial charge in [0.25, 0.3) is 0 Å². The molecule has 0 aliphatic heterocycles. The molecular formula is C13H16N2O2. The molecule has 0 radical (unpaired) electrons. The summed E-state index contributed by atoms with van der Waals surface area (Å²) in [5.41, 5.74) is 8.11. The van der Waals surface area contributed by atoms with E-state index in [1.165, 1.54) is 0 Å². The minimum Gasteiger partial charge on any atom is -0.496 e. The predicted octanol–water partition coefficient (Wildman–Crippen LogP) is 2.80. The summed E-state index contributed by atoms with van der Waals surface area (Å²) in [5, 5.41) is 0. The molecule has 0 bridgehead atoms. The second-order valence-corrected chi connectivity index (χ2v) is 3.84. The highest BCUT2D eigenvalue weighted by molar-refractivity contribution is 5.67. The van der Waals surface area contributed by atoms with Gasteiger partial charge in [-0.1, -0.05) is 6.92 Å². The first kappa shape index (κ1) is 11.5. The molecular weight excluding hydrogens is 216 g/mol. The Morgan fingerprint density at radius 3 is 2.76 bits per heavy atom. The Morgan fingerprint density at radius 1 is 1.41 bits per heavy atom. The number of nitrogen functional groups attached to an aromatic ring is 1. The number of hydrogen-bond acceptors (Lipinski definition) is 4. The number of methoxy groups -OCH3 is 1. The van der Waals surface area contributed by atoms with Crippen LogP contribution in [0, 0.1) is 6.92 Å². The first-order valence-electron chi connectivity index (χ1n) is 5.56. The summed E-state index contributed by atoms with van der Waals surface area (Å²) >= 11 is 0. The van der Waals surface area contributed by atoms with Crippen LogP contribution in [0.15, 0.2) is 22.6 Å². The number of aromatic nitrogens is 1. The van der Waals surface area contributed by atoms with Gasteiger partial charge in [0.05, 0.1) is 18.4 Å². The van der Waals surface area contributed by atoms with Crippen molar-refractivity contribution in [3.05, 3.63) is 29.7 Å². The van der Waals surface area contributed by atoms with Crippen molar-refractivity contribution in [3.8, 4) is 17.2 Å². The molecule has 0 aliphatic rings. The maximum atomic E-state index is 5.71. The van der Waals surface area contributed by atoms with Gasteiger partial charge in [-0.15, -0.1) is 0 Å². The molecule has 90 valence electrons. The van der Waals surface area contributed by atoms with Crippen LogP contribution < -0.4 is 10.5 Å². The SMILES string of the molecule is CCc1oc(-c2ccc(N)cc2OC)nc1C. The third-order valence-corrected chi connectivity index (χ3v) is 2.67. The largest absolute Gasteiger partial charge is 0.496 e. The Morgan fingerprint density at radius 2 is 2.18 bits per heavy atom. The fourth-order valence-electron chi connectivity index (χ4n) is 1.76. The molecule has 1 aromatic carbocycles. The first-order valence-corrected chi connectivity index (χ1v) is 5.56. The van der Waals surface area contributed by atoms with Crippen LogP contribution in [-0.4, -0.2) is 12.1 Å². The molecule has 1 heterocycles. The predicted molar refractivity (Wildman–Crippen MR) is 67.0 cm³/mol. The second-order valence-electron chi connectivity index (χ2n) is 3.84. The maximum absolute atomic E-state index is 5.71. The van der Waals surface area contributed by atoms with Crippen LogP contribution >= 0.6 is 0 Å². The Kier molecular flexibility index (Phi) is 3.04. The summed E-state index contributed by atoms with van der Waals surface area (Å²) in [6.07, 6.45) is 0.829. The van der Waals surface area contributed by atoms with E-state index in [-0.39, 0.29) is 0 Å². The molecule has 0 spiro atoms. The summed E-state index contributed by atoms with van der Waals surface area (Å²) in [4.78, 5) is 4.40. The number of rotatable bonds is 3. The molecule has 4 heteroatoms. The quantitative estimate of drug-likeness (QED) is 0.826. The van der Waals surface area contributed by atoms with Crippen LogP contribution in [0.5, 0.6) is 5.75 Å². The van der Waals surface area contributed by atoms with Gasteiger partial charge in [0.15, 0.2) is 0 Å². The van der Waals surface area contributed by atoms with Crippen LogP contribution in [-0.2, 0) is 6.42 Å². The van der Waals surface area contributed by atoms with Crippen LogP contribution in [0.1, 0.15) is 18.4 Å². The fraction of sp³-hybridized carbons (Fsp3) is 0.308. The van der Waals surface area contributed by atoms with Crippen molar-refractivity contribution in [1.82, 2.24) is 4.98 Å². The van der Waals surface area contributed by atoms with Gasteiger partial charge in [0, 0.05) is 18.2 Å². The number of nitrogens with two attached hydrogens (primary N) is 1. The zero-order chi connectivity index (χ0) is 12.4. The molecule has 0 unspecified atom stereocenters. The zero-order valence-corrected chi connectivity index (χ0v) is 10.3. The average molecular weight is 232 g/mol. The molecule has 2 aromatic rings. The van der Waals surface area contributed by atoms with E-state index in [2.05, 4.69) is 4.98 Å². The molecule has 1 aromatic heterocycles. The topological polar surface area (TPSA) is 61.3 Å². The third kappa shape index (κ3) is 2.11. The molecule has 17 heavy (non-hydrogen) atoms. The van der Waals surface area contributed by atoms with Crippen LogP contribution in [0.2, 0.25) is 0 Å². The lowest BCUT2D eigenvalue weighted by atomic mass is 10.2. The second kappa shape index (κ2) is 4.49. The van der Waals surface area contributed by atoms with Gasteiger partial charge in [-0.25, -0.2) is 4.98 Å². The highest BCUT2D eigenvalue weighted by Gasteiger charge is 2.14. The van der Waals surface area contributed by atoms with Crippen molar-refractivity contribution < 1.29 is 9.15 Å². The van der Waals surface area contributed by atoms with Crippen molar-refractivity contribution in [2.24, 2.45) is 0 Å². The van der Waals surface area contributed by atoms with Gasteiger partial charge in [-0.3, -0.25) is 0 Å². The first-order chi connectivity index (χ1) is 8.15. The van der Waals surface area contributed by atoms with E-state index in [1.807, 2.05) is 26.0 Å². The lowest BCUT2D eigenvalue weighted by molar-refractivity contribution is 0.414. The van der Waals surface area contributed by atoms with Gasteiger partial charge in [-0.2, -0.15) is 0 Å². The number of benzene rings is 1. The lowest BCUT2D eigenvalue weighted by Gasteiger charge is -2.05. The Hall–Kier alpha value is -1.97. The van der Waals surface area contributed by atoms with Gasteiger partial charge in [0.2, 0.25) is 5.89 Å². The molecule has 0 fully saturated rings. The number of aryl methyl sites for hydroxylation is 2. The zero-order valence-electron chi connectivity index (χ0n) is 10.3. The number of ether oxygens (including phenoxy) is 1. The summed E-state index contributed by atoms with van der Waals surface area (Å²) in [6, 6.07) is 5.43. The molecule has 0 saturated carbocycles. The summed E-state index contributed by atoms with van der Waals surface area (Å²) < 4.78 is 11.0. The molecule has 2 N–H and O–H groups in total.